The van der Waals surface area contributed by atoms with E-state index in [-0.39, 0.29) is 10.9 Å². The highest BCUT2D eigenvalue weighted by molar-refractivity contribution is 8.00. The van der Waals surface area contributed by atoms with Gasteiger partial charge in [0.05, 0.1) is 22.4 Å². The quantitative estimate of drug-likeness (QED) is 0.623. The first-order valence-electron chi connectivity index (χ1n) is 7.80. The number of nitrogens with one attached hydrogen (secondary N) is 1. The van der Waals surface area contributed by atoms with Crippen LogP contribution in [0.5, 0.6) is 0 Å². The van der Waals surface area contributed by atoms with Crippen LogP contribution in [0.15, 0.2) is 58.2 Å². The van der Waals surface area contributed by atoms with E-state index < -0.39 is 11.1 Å². The first-order valence-corrected chi connectivity index (χ1v) is 9.06. The maximum absolute atomic E-state index is 13.1. The number of hydrogen-bond acceptors (Lipinski definition) is 5. The minimum atomic E-state index is -0.499. The van der Waals surface area contributed by atoms with Crippen molar-refractivity contribution in [2.45, 2.75) is 23.8 Å². The van der Waals surface area contributed by atoms with Crippen molar-refractivity contribution in [3.8, 4) is 0 Å². The fourth-order valence-electron chi connectivity index (χ4n) is 2.16. The molecule has 0 saturated heterocycles. The SMILES string of the molecule is C[C@H](Sc1nnc(Cc2ccccc2)o1)C(=O)Nc1ccc(F)cc1Cl. The smallest absolute Gasteiger partial charge is 0.277 e. The van der Waals surface area contributed by atoms with Gasteiger partial charge in [0, 0.05) is 0 Å². The summed E-state index contributed by atoms with van der Waals surface area (Å²) in [7, 11) is 0. The van der Waals surface area contributed by atoms with Gasteiger partial charge in [0.2, 0.25) is 11.8 Å². The summed E-state index contributed by atoms with van der Waals surface area (Å²) in [4.78, 5) is 12.3. The lowest BCUT2D eigenvalue weighted by molar-refractivity contribution is -0.115. The van der Waals surface area contributed by atoms with Crippen molar-refractivity contribution < 1.29 is 13.6 Å². The molecule has 3 aromatic rings. The average Bonchev–Trinajstić information content (AvgIpc) is 3.05. The number of thioether (sulfide) groups is 1. The zero-order valence-corrected chi connectivity index (χ0v) is 15.4. The molecule has 0 aliphatic rings. The average molecular weight is 392 g/mol. The van der Waals surface area contributed by atoms with Gasteiger partial charge in [-0.3, -0.25) is 4.79 Å². The highest BCUT2D eigenvalue weighted by atomic mass is 35.5. The zero-order chi connectivity index (χ0) is 18.5. The lowest BCUT2D eigenvalue weighted by Gasteiger charge is -2.11. The van der Waals surface area contributed by atoms with Crippen LogP contribution in [0.3, 0.4) is 0 Å². The first kappa shape index (κ1) is 18.4. The molecule has 1 aromatic heterocycles. The van der Waals surface area contributed by atoms with Crippen molar-refractivity contribution >= 4 is 35.0 Å². The number of halogens is 2. The monoisotopic (exact) mass is 391 g/mol. The van der Waals surface area contributed by atoms with E-state index in [1.165, 1.54) is 12.1 Å². The molecular weight excluding hydrogens is 377 g/mol. The molecule has 26 heavy (non-hydrogen) atoms. The van der Waals surface area contributed by atoms with Gasteiger partial charge in [-0.05, 0) is 30.7 Å². The predicted octanol–water partition coefficient (Wildman–Crippen LogP) is 4.57. The molecule has 1 amide bonds. The third-order valence-electron chi connectivity index (χ3n) is 3.48. The number of aromatic nitrogens is 2. The Morgan fingerprint density at radius 2 is 2.04 bits per heavy atom. The minimum absolute atomic E-state index is 0.137. The van der Waals surface area contributed by atoms with E-state index in [1.807, 2.05) is 30.3 Å². The summed E-state index contributed by atoms with van der Waals surface area (Å²) in [6, 6.07) is 13.5. The molecule has 1 N–H and O–H groups in total. The van der Waals surface area contributed by atoms with Crippen molar-refractivity contribution in [1.82, 2.24) is 10.2 Å². The van der Waals surface area contributed by atoms with E-state index in [2.05, 4.69) is 15.5 Å². The van der Waals surface area contributed by atoms with Crippen LogP contribution in [0.4, 0.5) is 10.1 Å². The Bertz CT molecular complexity index is 904. The van der Waals surface area contributed by atoms with Crippen LogP contribution in [0, 0.1) is 5.82 Å². The van der Waals surface area contributed by atoms with Gasteiger partial charge >= 0.3 is 0 Å². The van der Waals surface area contributed by atoms with Crippen LogP contribution in [0.25, 0.3) is 0 Å². The normalized spacial score (nSPS) is 12.0. The first-order chi connectivity index (χ1) is 12.5. The lowest BCUT2D eigenvalue weighted by Crippen LogP contribution is -2.22. The molecule has 0 aliphatic carbocycles. The number of benzene rings is 2. The van der Waals surface area contributed by atoms with E-state index in [4.69, 9.17) is 16.0 Å². The number of carbonyl (C=O) groups is 1. The molecule has 134 valence electrons. The Morgan fingerprint density at radius 3 is 2.77 bits per heavy atom. The molecule has 0 bridgehead atoms. The molecular formula is C18H15ClFN3O2S. The van der Waals surface area contributed by atoms with Crippen LogP contribution in [-0.2, 0) is 11.2 Å². The van der Waals surface area contributed by atoms with Gasteiger partial charge < -0.3 is 9.73 Å². The number of nitrogens with zero attached hydrogens (tertiary/aromatic N) is 2. The third-order valence-corrected chi connectivity index (χ3v) is 4.73. The largest absolute Gasteiger partial charge is 0.416 e. The summed E-state index contributed by atoms with van der Waals surface area (Å²) < 4.78 is 18.6. The van der Waals surface area contributed by atoms with Crippen molar-refractivity contribution in [2.24, 2.45) is 0 Å². The van der Waals surface area contributed by atoms with Gasteiger partial charge in [-0.1, -0.05) is 53.7 Å². The molecule has 0 aliphatic heterocycles. The molecule has 3 rings (SSSR count). The Balaban J connectivity index is 1.59. The van der Waals surface area contributed by atoms with Crippen LogP contribution < -0.4 is 5.32 Å². The van der Waals surface area contributed by atoms with E-state index >= 15 is 0 Å². The van der Waals surface area contributed by atoms with Gasteiger partial charge in [0.25, 0.3) is 5.22 Å². The predicted molar refractivity (Wildman–Crippen MR) is 98.9 cm³/mol. The summed E-state index contributed by atoms with van der Waals surface area (Å²) in [5.74, 6) is -0.286. The topological polar surface area (TPSA) is 68.0 Å². The number of anilines is 1. The Kier molecular flexibility index (Phi) is 5.90. The molecule has 1 heterocycles. The van der Waals surface area contributed by atoms with Crippen molar-refractivity contribution in [3.05, 3.63) is 70.8 Å². The van der Waals surface area contributed by atoms with Gasteiger partial charge in [0.1, 0.15) is 5.82 Å². The highest BCUT2D eigenvalue weighted by Gasteiger charge is 2.19. The number of hydrogen-bond donors (Lipinski definition) is 1. The summed E-state index contributed by atoms with van der Waals surface area (Å²) >= 11 is 7.06. The molecule has 0 saturated carbocycles. The molecule has 1 atom stereocenters. The summed E-state index contributed by atoms with van der Waals surface area (Å²) in [5.41, 5.74) is 1.41. The Labute approximate surface area is 159 Å². The zero-order valence-electron chi connectivity index (χ0n) is 13.8. The van der Waals surface area contributed by atoms with Crippen LogP contribution >= 0.6 is 23.4 Å². The summed E-state index contributed by atoms with van der Waals surface area (Å²) in [6.07, 6.45) is 0.528. The highest BCUT2D eigenvalue weighted by Crippen LogP contribution is 2.26. The second-order valence-corrected chi connectivity index (χ2v) is 7.20. The van der Waals surface area contributed by atoms with E-state index in [1.54, 1.807) is 6.92 Å². The van der Waals surface area contributed by atoms with Crippen molar-refractivity contribution in [1.29, 1.82) is 0 Å². The Morgan fingerprint density at radius 1 is 1.27 bits per heavy atom. The number of amides is 1. The second kappa shape index (κ2) is 8.33. The standard InChI is InChI=1S/C18H15ClFN3O2S/c1-11(17(24)21-15-8-7-13(20)10-14(15)19)26-18-23-22-16(25-18)9-12-5-3-2-4-6-12/h2-8,10-11H,9H2,1H3,(H,21,24)/t11-/m0/s1. The van der Waals surface area contributed by atoms with Crippen LogP contribution in [0.2, 0.25) is 5.02 Å². The van der Waals surface area contributed by atoms with E-state index in [9.17, 15) is 9.18 Å². The van der Waals surface area contributed by atoms with Gasteiger partial charge in [-0.15, -0.1) is 10.2 Å². The molecule has 0 fully saturated rings. The maximum Gasteiger partial charge on any atom is 0.277 e. The molecule has 0 spiro atoms. The lowest BCUT2D eigenvalue weighted by atomic mass is 10.2. The van der Waals surface area contributed by atoms with Gasteiger partial charge in [-0.25, -0.2) is 4.39 Å². The number of carbonyl (C=O) groups excluding carboxylic acids is 1. The fraction of sp³-hybridized carbons (Fsp3) is 0.167. The summed E-state index contributed by atoms with van der Waals surface area (Å²) in [6.45, 7) is 1.71. The molecule has 5 nitrogen and oxygen atoms in total. The Hall–Kier alpha value is -2.38. The molecule has 0 radical (unpaired) electrons. The van der Waals surface area contributed by atoms with Crippen LogP contribution in [-0.4, -0.2) is 21.4 Å². The number of rotatable bonds is 6. The fourth-order valence-corrected chi connectivity index (χ4v) is 3.07. The molecule has 8 heteroatoms. The maximum atomic E-state index is 13.1. The van der Waals surface area contributed by atoms with E-state index in [0.717, 1.165) is 23.4 Å². The van der Waals surface area contributed by atoms with Crippen molar-refractivity contribution in [2.75, 3.05) is 5.32 Å². The van der Waals surface area contributed by atoms with Gasteiger partial charge in [-0.2, -0.15) is 0 Å². The summed E-state index contributed by atoms with van der Waals surface area (Å²) in [5, 5.41) is 10.6. The van der Waals surface area contributed by atoms with E-state index in [0.29, 0.717) is 23.2 Å². The second-order valence-electron chi connectivity index (χ2n) is 5.50. The molecule has 0 unspecified atom stereocenters. The molecule has 2 aromatic carbocycles. The van der Waals surface area contributed by atoms with Crippen molar-refractivity contribution in [3.63, 3.8) is 0 Å². The van der Waals surface area contributed by atoms with Crippen LogP contribution in [0.1, 0.15) is 18.4 Å². The van der Waals surface area contributed by atoms with Gasteiger partial charge in [0.15, 0.2) is 0 Å². The third kappa shape index (κ3) is 4.83. The minimum Gasteiger partial charge on any atom is -0.416 e.